The Balaban J connectivity index is 1.04. The third-order valence-corrected chi connectivity index (χ3v) is 8.06. The van der Waals surface area contributed by atoms with Crippen molar-refractivity contribution in [1.82, 2.24) is 20.4 Å². The minimum absolute atomic E-state index is 0.00339. The molecule has 8 nitrogen and oxygen atoms in total. The van der Waals surface area contributed by atoms with Crippen LogP contribution in [0.25, 0.3) is 11.1 Å². The van der Waals surface area contributed by atoms with E-state index in [0.717, 1.165) is 48.9 Å². The van der Waals surface area contributed by atoms with Crippen LogP contribution in [0.5, 0.6) is 5.75 Å². The van der Waals surface area contributed by atoms with E-state index in [1.54, 1.807) is 12.3 Å². The van der Waals surface area contributed by atoms with Crippen LogP contribution in [-0.4, -0.2) is 52.6 Å². The second-order valence-corrected chi connectivity index (χ2v) is 10.4. The second kappa shape index (κ2) is 9.19. The lowest BCUT2D eigenvalue weighted by Gasteiger charge is -2.44. The molecule has 0 bridgehead atoms. The lowest BCUT2D eigenvalue weighted by molar-refractivity contribution is -0.127. The summed E-state index contributed by atoms with van der Waals surface area (Å²) in [6, 6.07) is 6.45. The topological polar surface area (TPSA) is 97.6 Å². The number of hydrogen-bond acceptors (Lipinski definition) is 6. The molecule has 6 rings (SSSR count). The Morgan fingerprint density at radius 3 is 2.94 bits per heavy atom. The largest absolute Gasteiger partial charge is 0.492 e. The fourth-order valence-corrected chi connectivity index (χ4v) is 6.01. The number of piperidine rings is 1. The maximum absolute atomic E-state index is 13.4. The third kappa shape index (κ3) is 4.31. The molecular weight excluding hydrogens is 463 g/mol. The molecular formula is C27H29FN4O4. The molecule has 4 heterocycles. The minimum Gasteiger partial charge on any atom is -0.492 e. The van der Waals surface area contributed by atoms with Gasteiger partial charge in [0.05, 0.1) is 22.6 Å². The molecule has 2 aliphatic heterocycles. The normalized spacial score (nSPS) is 25.6. The maximum atomic E-state index is 13.4. The number of rotatable bonds is 3. The van der Waals surface area contributed by atoms with Gasteiger partial charge in [-0.1, -0.05) is 11.2 Å². The van der Waals surface area contributed by atoms with Crippen LogP contribution in [0.15, 0.2) is 35.0 Å². The summed E-state index contributed by atoms with van der Waals surface area (Å²) in [7, 11) is 0. The summed E-state index contributed by atoms with van der Waals surface area (Å²) in [6.07, 6.45) is 5.86. The quantitative estimate of drug-likeness (QED) is 0.599. The molecule has 36 heavy (non-hydrogen) atoms. The Bertz CT molecular complexity index is 1320. The number of nitrogens with zero attached hydrogens (tertiary/aromatic N) is 3. The van der Waals surface area contributed by atoms with Crippen molar-refractivity contribution < 1.29 is 23.2 Å². The van der Waals surface area contributed by atoms with Gasteiger partial charge in [-0.25, -0.2) is 9.37 Å². The highest BCUT2D eigenvalue weighted by Crippen LogP contribution is 2.37. The number of halogens is 1. The van der Waals surface area contributed by atoms with Crippen LogP contribution in [0.2, 0.25) is 0 Å². The van der Waals surface area contributed by atoms with E-state index in [1.807, 2.05) is 17.9 Å². The first-order valence-corrected chi connectivity index (χ1v) is 12.7. The second-order valence-electron chi connectivity index (χ2n) is 10.4. The van der Waals surface area contributed by atoms with Gasteiger partial charge in [0.2, 0.25) is 5.91 Å². The monoisotopic (exact) mass is 492 g/mol. The van der Waals surface area contributed by atoms with Gasteiger partial charge in [-0.05, 0) is 68.6 Å². The molecule has 1 aromatic carbocycles. The maximum Gasteiger partial charge on any atom is 0.257 e. The molecule has 9 heteroatoms. The Morgan fingerprint density at radius 2 is 2.06 bits per heavy atom. The summed E-state index contributed by atoms with van der Waals surface area (Å²) >= 11 is 0. The van der Waals surface area contributed by atoms with E-state index < -0.39 is 0 Å². The van der Waals surface area contributed by atoms with Gasteiger partial charge in [0.1, 0.15) is 18.2 Å². The van der Waals surface area contributed by atoms with Crippen LogP contribution in [0.3, 0.4) is 0 Å². The fourth-order valence-electron chi connectivity index (χ4n) is 6.01. The molecule has 2 fully saturated rings. The SMILES string of the molecule is Cc1noc2ncc(C(=O)N3CCC4CC(NC(=O)C5COc6cc(F)ccc6C5)CCC4C3)cc12. The molecule has 2 amide bonds. The zero-order valence-corrected chi connectivity index (χ0v) is 20.2. The molecule has 1 aliphatic carbocycles. The van der Waals surface area contributed by atoms with Gasteiger partial charge in [-0.2, -0.15) is 0 Å². The number of nitrogens with one attached hydrogen (secondary N) is 1. The van der Waals surface area contributed by atoms with Gasteiger partial charge in [0.25, 0.3) is 11.6 Å². The highest BCUT2D eigenvalue weighted by Gasteiger charge is 2.38. The summed E-state index contributed by atoms with van der Waals surface area (Å²) < 4.78 is 24.2. The smallest absolute Gasteiger partial charge is 0.257 e. The number of ether oxygens (including phenoxy) is 1. The lowest BCUT2D eigenvalue weighted by Crippen LogP contribution is -2.50. The third-order valence-electron chi connectivity index (χ3n) is 8.06. The molecule has 2 aromatic heterocycles. The molecule has 4 atom stereocenters. The number of pyridine rings is 1. The standard InChI is InChI=1S/C27H29FN4O4/c1-15-23-10-19(12-29-26(23)36-31-15)27(34)32-7-6-16-9-22(5-3-18(16)13-32)30-25(33)20-8-17-2-4-21(28)11-24(17)35-14-20/h2,4,10-12,16,18,20,22H,3,5-9,13-14H2,1H3,(H,30,33). The van der Waals surface area contributed by atoms with Crippen LogP contribution in [0, 0.1) is 30.5 Å². The number of fused-ring (bicyclic) bond motifs is 3. The molecule has 0 radical (unpaired) electrons. The minimum atomic E-state index is -0.329. The van der Waals surface area contributed by atoms with Crippen molar-refractivity contribution in [3.8, 4) is 5.75 Å². The van der Waals surface area contributed by atoms with Gasteiger partial charge in [-0.3, -0.25) is 9.59 Å². The van der Waals surface area contributed by atoms with E-state index in [-0.39, 0.29) is 36.2 Å². The zero-order chi connectivity index (χ0) is 24.8. The average molecular weight is 493 g/mol. The van der Waals surface area contributed by atoms with Crippen LogP contribution in [-0.2, 0) is 11.2 Å². The van der Waals surface area contributed by atoms with E-state index in [2.05, 4.69) is 15.5 Å². The van der Waals surface area contributed by atoms with E-state index >= 15 is 0 Å². The van der Waals surface area contributed by atoms with Crippen molar-refractivity contribution in [3.63, 3.8) is 0 Å². The number of aromatic nitrogens is 2. The van der Waals surface area contributed by atoms with Crippen LogP contribution < -0.4 is 10.1 Å². The summed E-state index contributed by atoms with van der Waals surface area (Å²) in [5.74, 6) is 0.867. The number of likely N-dealkylation sites (tertiary alicyclic amines) is 1. The lowest BCUT2D eigenvalue weighted by atomic mass is 9.73. The predicted octanol–water partition coefficient (Wildman–Crippen LogP) is 3.67. The molecule has 3 aromatic rings. The van der Waals surface area contributed by atoms with E-state index in [0.29, 0.717) is 41.8 Å². The zero-order valence-electron chi connectivity index (χ0n) is 20.2. The fraction of sp³-hybridized carbons (Fsp3) is 0.481. The van der Waals surface area contributed by atoms with Crippen molar-refractivity contribution in [2.24, 2.45) is 17.8 Å². The number of carbonyl (C=O) groups is 2. The van der Waals surface area contributed by atoms with Crippen molar-refractivity contribution in [1.29, 1.82) is 0 Å². The molecule has 1 saturated carbocycles. The summed E-state index contributed by atoms with van der Waals surface area (Å²) in [5.41, 5.74) is 2.61. The highest BCUT2D eigenvalue weighted by atomic mass is 19.1. The van der Waals surface area contributed by atoms with Crippen molar-refractivity contribution in [2.45, 2.75) is 45.1 Å². The van der Waals surface area contributed by atoms with E-state index in [1.165, 1.54) is 12.1 Å². The Hall–Kier alpha value is -3.49. The van der Waals surface area contributed by atoms with Crippen molar-refractivity contribution >= 4 is 22.9 Å². The van der Waals surface area contributed by atoms with Crippen LogP contribution in [0.4, 0.5) is 4.39 Å². The number of hydrogen-bond donors (Lipinski definition) is 1. The first-order valence-electron chi connectivity index (χ1n) is 12.7. The highest BCUT2D eigenvalue weighted by molar-refractivity contribution is 5.97. The van der Waals surface area contributed by atoms with Gasteiger partial charge >= 0.3 is 0 Å². The molecule has 1 saturated heterocycles. The van der Waals surface area contributed by atoms with Crippen molar-refractivity contribution in [2.75, 3.05) is 19.7 Å². The molecule has 188 valence electrons. The molecule has 3 aliphatic rings. The first-order chi connectivity index (χ1) is 17.4. The summed E-state index contributed by atoms with van der Waals surface area (Å²) in [4.78, 5) is 32.3. The van der Waals surface area contributed by atoms with E-state index in [9.17, 15) is 14.0 Å². The molecule has 1 N–H and O–H groups in total. The summed E-state index contributed by atoms with van der Waals surface area (Å²) in [6.45, 7) is 3.54. The number of amides is 2. The van der Waals surface area contributed by atoms with Gasteiger partial charge in [-0.15, -0.1) is 0 Å². The van der Waals surface area contributed by atoms with Crippen LogP contribution in [0.1, 0.15) is 47.3 Å². The van der Waals surface area contributed by atoms with Gasteiger partial charge < -0.3 is 19.5 Å². The predicted molar refractivity (Wildman–Crippen MR) is 129 cm³/mol. The van der Waals surface area contributed by atoms with Gasteiger partial charge in [0.15, 0.2) is 0 Å². The molecule has 0 spiro atoms. The average Bonchev–Trinajstić information content (AvgIpc) is 3.27. The van der Waals surface area contributed by atoms with Crippen molar-refractivity contribution in [3.05, 3.63) is 53.1 Å². The first kappa shape index (κ1) is 22.9. The van der Waals surface area contributed by atoms with E-state index in [4.69, 9.17) is 9.26 Å². The van der Waals surface area contributed by atoms with Gasteiger partial charge in [0, 0.05) is 31.4 Å². The number of benzene rings is 1. The Morgan fingerprint density at radius 1 is 1.17 bits per heavy atom. The Labute approximate surface area is 208 Å². The number of aryl methyl sites for hydroxylation is 1. The number of carbonyl (C=O) groups excluding carboxylic acids is 2. The van der Waals surface area contributed by atoms with Crippen LogP contribution >= 0.6 is 0 Å². The summed E-state index contributed by atoms with van der Waals surface area (Å²) in [5, 5.41) is 7.94. The Kier molecular flexibility index (Phi) is 5.85. The molecule has 4 unspecified atom stereocenters.